The van der Waals surface area contributed by atoms with Gasteiger partial charge in [0.25, 0.3) is 0 Å². The lowest BCUT2D eigenvalue weighted by atomic mass is 9.97. The smallest absolute Gasteiger partial charge is 0.246 e. The molecule has 13 heavy (non-hydrogen) atoms. The molecule has 1 fully saturated rings. The van der Waals surface area contributed by atoms with E-state index in [4.69, 9.17) is 0 Å². The molecule has 3 heteroatoms. The van der Waals surface area contributed by atoms with Crippen LogP contribution in [0.2, 0.25) is 0 Å². The molecule has 1 saturated heterocycles. The van der Waals surface area contributed by atoms with Gasteiger partial charge in [0.2, 0.25) is 5.91 Å². The molecule has 1 aliphatic rings. The summed E-state index contributed by atoms with van der Waals surface area (Å²) < 4.78 is 0. The van der Waals surface area contributed by atoms with E-state index in [9.17, 15) is 9.90 Å². The maximum atomic E-state index is 11.4. The van der Waals surface area contributed by atoms with Gasteiger partial charge in [-0.25, -0.2) is 0 Å². The molecule has 0 aliphatic carbocycles. The van der Waals surface area contributed by atoms with E-state index < -0.39 is 5.60 Å². The highest BCUT2D eigenvalue weighted by Crippen LogP contribution is 2.26. The lowest BCUT2D eigenvalue weighted by molar-refractivity contribution is -0.131. The number of nitrogens with zero attached hydrogens (tertiary/aromatic N) is 1. The van der Waals surface area contributed by atoms with Crippen LogP contribution in [0.3, 0.4) is 0 Å². The van der Waals surface area contributed by atoms with Gasteiger partial charge in [-0.3, -0.25) is 4.79 Å². The van der Waals surface area contributed by atoms with E-state index in [1.54, 1.807) is 18.7 Å². The first-order valence-corrected chi connectivity index (χ1v) is 4.62. The zero-order chi connectivity index (χ0) is 10.1. The number of hydrogen-bond acceptors (Lipinski definition) is 2. The Bertz CT molecular complexity index is 217. The van der Waals surface area contributed by atoms with Crippen molar-refractivity contribution < 1.29 is 9.90 Å². The molecule has 1 atom stereocenters. The molecule has 0 bridgehead atoms. The molecule has 1 amide bonds. The maximum Gasteiger partial charge on any atom is 0.246 e. The van der Waals surface area contributed by atoms with Gasteiger partial charge in [-0.1, -0.05) is 6.58 Å². The Morgan fingerprint density at radius 2 is 2.31 bits per heavy atom. The SMILES string of the molecule is C=CC(=O)N1CCC[C@@H]1C(C)(C)O. The predicted octanol–water partition coefficient (Wildman–Crippen LogP) is 0.934. The summed E-state index contributed by atoms with van der Waals surface area (Å²) in [5.74, 6) is -0.0791. The lowest BCUT2D eigenvalue weighted by Crippen LogP contribution is -2.47. The van der Waals surface area contributed by atoms with Crippen LogP contribution in [0.4, 0.5) is 0 Å². The molecule has 1 rings (SSSR count). The summed E-state index contributed by atoms with van der Waals surface area (Å²) in [6.07, 6.45) is 3.15. The first kappa shape index (κ1) is 10.3. The molecule has 1 aliphatic heterocycles. The zero-order valence-electron chi connectivity index (χ0n) is 8.29. The van der Waals surface area contributed by atoms with Crippen molar-refractivity contribution in [3.8, 4) is 0 Å². The van der Waals surface area contributed by atoms with Gasteiger partial charge in [0.15, 0.2) is 0 Å². The van der Waals surface area contributed by atoms with Crippen molar-refractivity contribution in [3.05, 3.63) is 12.7 Å². The van der Waals surface area contributed by atoms with E-state index in [1.807, 2.05) is 0 Å². The highest BCUT2D eigenvalue weighted by molar-refractivity contribution is 5.87. The number of carbonyl (C=O) groups excluding carboxylic acids is 1. The third kappa shape index (κ3) is 2.10. The molecule has 0 unspecified atom stereocenters. The molecule has 0 radical (unpaired) electrons. The maximum absolute atomic E-state index is 11.4. The van der Waals surface area contributed by atoms with Gasteiger partial charge in [-0.05, 0) is 32.8 Å². The van der Waals surface area contributed by atoms with E-state index >= 15 is 0 Å². The van der Waals surface area contributed by atoms with Crippen molar-refractivity contribution in [2.45, 2.75) is 38.3 Å². The van der Waals surface area contributed by atoms with E-state index in [0.717, 1.165) is 19.4 Å². The molecule has 1 N–H and O–H groups in total. The average molecular weight is 183 g/mol. The van der Waals surface area contributed by atoms with Crippen molar-refractivity contribution in [1.82, 2.24) is 4.90 Å². The first-order chi connectivity index (χ1) is 5.96. The summed E-state index contributed by atoms with van der Waals surface area (Å²) in [4.78, 5) is 13.1. The molecular formula is C10H17NO2. The molecule has 0 aromatic carbocycles. The fraction of sp³-hybridized carbons (Fsp3) is 0.700. The summed E-state index contributed by atoms with van der Waals surface area (Å²) in [5.41, 5.74) is -0.810. The Hall–Kier alpha value is -0.830. The first-order valence-electron chi connectivity index (χ1n) is 4.62. The van der Waals surface area contributed by atoms with E-state index in [-0.39, 0.29) is 11.9 Å². The number of carbonyl (C=O) groups is 1. The van der Waals surface area contributed by atoms with E-state index in [0.29, 0.717) is 0 Å². The van der Waals surface area contributed by atoms with Crippen LogP contribution in [0.15, 0.2) is 12.7 Å². The van der Waals surface area contributed by atoms with Gasteiger partial charge in [0.1, 0.15) is 0 Å². The fourth-order valence-corrected chi connectivity index (χ4v) is 1.88. The largest absolute Gasteiger partial charge is 0.388 e. The van der Waals surface area contributed by atoms with Crippen LogP contribution in [0.5, 0.6) is 0 Å². The number of rotatable bonds is 2. The summed E-state index contributed by atoms with van der Waals surface area (Å²) in [6.45, 7) is 7.67. The number of aliphatic hydroxyl groups is 1. The molecule has 0 aromatic rings. The summed E-state index contributed by atoms with van der Waals surface area (Å²) >= 11 is 0. The van der Waals surface area contributed by atoms with Gasteiger partial charge < -0.3 is 10.0 Å². The van der Waals surface area contributed by atoms with E-state index in [1.165, 1.54) is 6.08 Å². The van der Waals surface area contributed by atoms with Crippen molar-refractivity contribution >= 4 is 5.91 Å². The van der Waals surface area contributed by atoms with Gasteiger partial charge >= 0.3 is 0 Å². The Kier molecular flexibility index (Phi) is 2.76. The quantitative estimate of drug-likeness (QED) is 0.647. The number of amides is 1. The van der Waals surface area contributed by atoms with Crippen LogP contribution in [0, 0.1) is 0 Å². The minimum Gasteiger partial charge on any atom is -0.388 e. The second kappa shape index (κ2) is 3.50. The molecular weight excluding hydrogens is 166 g/mol. The Morgan fingerprint density at radius 3 is 2.77 bits per heavy atom. The monoisotopic (exact) mass is 183 g/mol. The predicted molar refractivity (Wildman–Crippen MR) is 51.2 cm³/mol. The molecule has 1 heterocycles. The normalized spacial score (nSPS) is 23.3. The van der Waals surface area contributed by atoms with Gasteiger partial charge in [0.05, 0.1) is 11.6 Å². The minimum absolute atomic E-state index is 0.0574. The third-order valence-corrected chi connectivity index (χ3v) is 2.53. The van der Waals surface area contributed by atoms with Crippen molar-refractivity contribution in [1.29, 1.82) is 0 Å². The van der Waals surface area contributed by atoms with Gasteiger partial charge in [-0.15, -0.1) is 0 Å². The lowest BCUT2D eigenvalue weighted by Gasteiger charge is -2.33. The fourth-order valence-electron chi connectivity index (χ4n) is 1.88. The number of likely N-dealkylation sites (tertiary alicyclic amines) is 1. The Labute approximate surface area is 79.0 Å². The van der Waals surface area contributed by atoms with Crippen LogP contribution in [0.25, 0.3) is 0 Å². The van der Waals surface area contributed by atoms with Crippen LogP contribution in [-0.2, 0) is 4.79 Å². The molecule has 0 saturated carbocycles. The Morgan fingerprint density at radius 1 is 1.69 bits per heavy atom. The van der Waals surface area contributed by atoms with Crippen molar-refractivity contribution in [2.75, 3.05) is 6.54 Å². The molecule has 0 aromatic heterocycles. The van der Waals surface area contributed by atoms with Crippen molar-refractivity contribution in [3.63, 3.8) is 0 Å². The van der Waals surface area contributed by atoms with Crippen LogP contribution in [0.1, 0.15) is 26.7 Å². The summed E-state index contributed by atoms with van der Waals surface area (Å²) in [6, 6.07) is -0.0574. The van der Waals surface area contributed by atoms with Crippen LogP contribution < -0.4 is 0 Å². The highest BCUT2D eigenvalue weighted by atomic mass is 16.3. The molecule has 0 spiro atoms. The van der Waals surface area contributed by atoms with Crippen molar-refractivity contribution in [2.24, 2.45) is 0 Å². The second-order valence-electron chi connectivity index (χ2n) is 4.05. The van der Waals surface area contributed by atoms with Gasteiger partial charge in [-0.2, -0.15) is 0 Å². The van der Waals surface area contributed by atoms with Gasteiger partial charge in [0, 0.05) is 6.54 Å². The zero-order valence-corrected chi connectivity index (χ0v) is 8.29. The summed E-state index contributed by atoms with van der Waals surface area (Å²) in [5, 5.41) is 9.80. The average Bonchev–Trinajstić information content (AvgIpc) is 2.49. The topological polar surface area (TPSA) is 40.5 Å². The molecule has 3 nitrogen and oxygen atoms in total. The standard InChI is InChI=1S/C10H17NO2/c1-4-9(12)11-7-5-6-8(11)10(2,3)13/h4,8,13H,1,5-7H2,2-3H3/t8-/m1/s1. The third-order valence-electron chi connectivity index (χ3n) is 2.53. The van der Waals surface area contributed by atoms with Crippen LogP contribution in [-0.4, -0.2) is 34.1 Å². The number of hydrogen-bond donors (Lipinski definition) is 1. The van der Waals surface area contributed by atoms with Crippen LogP contribution >= 0.6 is 0 Å². The Balaban J connectivity index is 2.75. The highest BCUT2D eigenvalue weighted by Gasteiger charge is 2.37. The summed E-state index contributed by atoms with van der Waals surface area (Å²) in [7, 11) is 0. The van der Waals surface area contributed by atoms with E-state index in [2.05, 4.69) is 6.58 Å². The molecule has 74 valence electrons. The minimum atomic E-state index is -0.810. The second-order valence-corrected chi connectivity index (χ2v) is 4.05.